The Morgan fingerprint density at radius 1 is 1.18 bits per heavy atom. The maximum absolute atomic E-state index is 12.7. The molecule has 1 N–H and O–H groups in total. The highest BCUT2D eigenvalue weighted by Gasteiger charge is 2.21. The minimum atomic E-state index is -0.293. The average Bonchev–Trinajstić information content (AvgIpc) is 3.13. The molecule has 2 heterocycles. The first-order valence-electron chi connectivity index (χ1n) is 9.20. The fourth-order valence-corrected chi connectivity index (χ4v) is 3.08. The molecule has 0 unspecified atom stereocenters. The molecule has 0 aliphatic carbocycles. The lowest BCUT2D eigenvalue weighted by Gasteiger charge is -2.10. The predicted octanol–water partition coefficient (Wildman–Crippen LogP) is 3.46. The Labute approximate surface area is 164 Å². The second-order valence-electron chi connectivity index (χ2n) is 7.08. The van der Waals surface area contributed by atoms with Crippen molar-refractivity contribution in [1.82, 2.24) is 20.3 Å². The van der Waals surface area contributed by atoms with Crippen molar-refractivity contribution < 1.29 is 14.1 Å². The van der Waals surface area contributed by atoms with Crippen LogP contribution in [0.1, 0.15) is 49.9 Å². The molecule has 0 spiro atoms. The summed E-state index contributed by atoms with van der Waals surface area (Å²) in [6.45, 7) is 10.3. The van der Waals surface area contributed by atoms with Gasteiger partial charge in [0.1, 0.15) is 18.1 Å². The van der Waals surface area contributed by atoms with Crippen LogP contribution < -0.4 is 10.1 Å². The number of carbonyl (C=O) groups is 1. The van der Waals surface area contributed by atoms with Gasteiger partial charge in [0.25, 0.3) is 5.91 Å². The number of hydrogen-bond donors (Lipinski definition) is 1. The predicted molar refractivity (Wildman–Crippen MR) is 105 cm³/mol. The van der Waals surface area contributed by atoms with Crippen LogP contribution in [0.25, 0.3) is 0 Å². The highest BCUT2D eigenvalue weighted by molar-refractivity contribution is 5.93. The number of nitrogens with zero attached hydrogens (tertiary/aromatic N) is 3. The lowest BCUT2D eigenvalue weighted by molar-refractivity contribution is 0.0939. The zero-order valence-corrected chi connectivity index (χ0v) is 17.2. The standard InChI is InChI=1S/C21H26N4O3/c1-12-7-8-13(2)19(9-12)27-11-18-16(5)28-24-20(18)21(26)22-10-17-14(3)23-25(6)15(17)4/h7-9H,10-11H2,1-6H3,(H,22,26). The normalized spacial score (nSPS) is 10.9. The first-order chi connectivity index (χ1) is 13.3. The summed E-state index contributed by atoms with van der Waals surface area (Å²) in [6, 6.07) is 6.03. The zero-order valence-electron chi connectivity index (χ0n) is 17.2. The number of ether oxygens (including phenoxy) is 1. The third-order valence-corrected chi connectivity index (χ3v) is 5.00. The first-order valence-corrected chi connectivity index (χ1v) is 9.20. The Morgan fingerprint density at radius 2 is 1.93 bits per heavy atom. The van der Waals surface area contributed by atoms with Crippen molar-refractivity contribution in [2.24, 2.45) is 7.05 Å². The van der Waals surface area contributed by atoms with Gasteiger partial charge in [-0.2, -0.15) is 5.10 Å². The second-order valence-corrected chi connectivity index (χ2v) is 7.08. The maximum atomic E-state index is 12.7. The summed E-state index contributed by atoms with van der Waals surface area (Å²) in [5.74, 6) is 1.07. The Hall–Kier alpha value is -3.09. The van der Waals surface area contributed by atoms with E-state index >= 15 is 0 Å². The third kappa shape index (κ3) is 3.93. The molecule has 0 fully saturated rings. The largest absolute Gasteiger partial charge is 0.488 e. The van der Waals surface area contributed by atoms with Crippen LogP contribution >= 0.6 is 0 Å². The molecule has 0 bridgehead atoms. The van der Waals surface area contributed by atoms with Crippen LogP contribution in [0.3, 0.4) is 0 Å². The molecule has 7 heteroatoms. The molecule has 3 aromatic rings. The van der Waals surface area contributed by atoms with Crippen LogP contribution in [0.4, 0.5) is 0 Å². The van der Waals surface area contributed by atoms with E-state index in [4.69, 9.17) is 9.26 Å². The first kappa shape index (κ1) is 19.7. The number of benzene rings is 1. The molecular formula is C21H26N4O3. The highest BCUT2D eigenvalue weighted by Crippen LogP contribution is 2.22. The van der Waals surface area contributed by atoms with Gasteiger partial charge in [-0.1, -0.05) is 17.3 Å². The monoisotopic (exact) mass is 382 g/mol. The van der Waals surface area contributed by atoms with Crippen molar-refractivity contribution in [3.05, 3.63) is 63.3 Å². The molecule has 1 aromatic carbocycles. The van der Waals surface area contributed by atoms with Crippen LogP contribution in [0.5, 0.6) is 5.75 Å². The summed E-state index contributed by atoms with van der Waals surface area (Å²) in [4.78, 5) is 12.7. The molecule has 0 aliphatic heterocycles. The minimum absolute atomic E-state index is 0.216. The summed E-state index contributed by atoms with van der Waals surface area (Å²) in [7, 11) is 1.89. The molecule has 0 saturated carbocycles. The molecule has 1 amide bonds. The molecule has 7 nitrogen and oxygen atoms in total. The van der Waals surface area contributed by atoms with Crippen LogP contribution in [-0.2, 0) is 20.2 Å². The summed E-state index contributed by atoms with van der Waals surface area (Å²) in [5.41, 5.74) is 5.98. The summed E-state index contributed by atoms with van der Waals surface area (Å²) < 4.78 is 13.0. The van der Waals surface area contributed by atoms with E-state index in [9.17, 15) is 4.79 Å². The van der Waals surface area contributed by atoms with Gasteiger partial charge in [-0.15, -0.1) is 0 Å². The van der Waals surface area contributed by atoms with E-state index in [1.54, 1.807) is 11.6 Å². The topological polar surface area (TPSA) is 82.2 Å². The minimum Gasteiger partial charge on any atom is -0.488 e. The molecule has 28 heavy (non-hydrogen) atoms. The van der Waals surface area contributed by atoms with E-state index in [0.29, 0.717) is 17.9 Å². The molecular weight excluding hydrogens is 356 g/mol. The summed E-state index contributed by atoms with van der Waals surface area (Å²) in [5, 5.41) is 11.2. The smallest absolute Gasteiger partial charge is 0.274 e. The van der Waals surface area contributed by atoms with Gasteiger partial charge in [-0.05, 0) is 51.8 Å². The highest BCUT2D eigenvalue weighted by atomic mass is 16.5. The van der Waals surface area contributed by atoms with Crippen molar-refractivity contribution in [3.63, 3.8) is 0 Å². The lowest BCUT2D eigenvalue weighted by Crippen LogP contribution is -2.25. The van der Waals surface area contributed by atoms with Gasteiger partial charge in [0, 0.05) is 24.8 Å². The van der Waals surface area contributed by atoms with Crippen LogP contribution in [-0.4, -0.2) is 20.8 Å². The van der Waals surface area contributed by atoms with Crippen molar-refractivity contribution >= 4 is 5.91 Å². The average molecular weight is 382 g/mol. The molecule has 0 aliphatic rings. The van der Waals surface area contributed by atoms with Crippen LogP contribution in [0.15, 0.2) is 22.7 Å². The summed E-state index contributed by atoms with van der Waals surface area (Å²) in [6.07, 6.45) is 0. The second kappa shape index (κ2) is 7.88. The number of aryl methyl sites for hydroxylation is 5. The molecule has 3 rings (SSSR count). The number of hydrogen-bond acceptors (Lipinski definition) is 5. The van der Waals surface area contributed by atoms with Crippen molar-refractivity contribution in [3.8, 4) is 5.75 Å². The number of amides is 1. The fourth-order valence-electron chi connectivity index (χ4n) is 3.08. The Morgan fingerprint density at radius 3 is 2.61 bits per heavy atom. The molecule has 2 aromatic heterocycles. The van der Waals surface area contributed by atoms with E-state index in [1.807, 2.05) is 52.9 Å². The van der Waals surface area contributed by atoms with Gasteiger partial charge >= 0.3 is 0 Å². The van der Waals surface area contributed by atoms with Crippen molar-refractivity contribution in [2.75, 3.05) is 0 Å². The zero-order chi connectivity index (χ0) is 20.4. The molecule has 0 atom stereocenters. The van der Waals surface area contributed by atoms with E-state index in [0.717, 1.165) is 33.8 Å². The number of rotatable bonds is 6. The Bertz CT molecular complexity index is 1020. The van der Waals surface area contributed by atoms with Crippen molar-refractivity contribution in [2.45, 2.75) is 47.8 Å². The fraction of sp³-hybridized carbons (Fsp3) is 0.381. The number of nitrogens with one attached hydrogen (secondary N) is 1. The molecule has 0 radical (unpaired) electrons. The summed E-state index contributed by atoms with van der Waals surface area (Å²) >= 11 is 0. The van der Waals surface area contributed by atoms with Gasteiger partial charge in [-0.25, -0.2) is 0 Å². The quantitative estimate of drug-likeness (QED) is 0.706. The Kier molecular flexibility index (Phi) is 5.53. The number of carbonyl (C=O) groups excluding carboxylic acids is 1. The van der Waals surface area contributed by atoms with E-state index in [1.165, 1.54) is 0 Å². The van der Waals surface area contributed by atoms with Gasteiger partial charge in [-0.3, -0.25) is 9.48 Å². The number of aromatic nitrogens is 3. The maximum Gasteiger partial charge on any atom is 0.274 e. The van der Waals surface area contributed by atoms with Crippen molar-refractivity contribution in [1.29, 1.82) is 0 Å². The molecule has 148 valence electrons. The Balaban J connectivity index is 1.73. The lowest BCUT2D eigenvalue weighted by atomic mass is 10.1. The van der Waals surface area contributed by atoms with E-state index in [-0.39, 0.29) is 18.2 Å². The van der Waals surface area contributed by atoms with E-state index < -0.39 is 0 Å². The van der Waals surface area contributed by atoms with Gasteiger partial charge < -0.3 is 14.6 Å². The van der Waals surface area contributed by atoms with Crippen LogP contribution in [0, 0.1) is 34.6 Å². The van der Waals surface area contributed by atoms with Crippen LogP contribution in [0.2, 0.25) is 0 Å². The third-order valence-electron chi connectivity index (χ3n) is 5.00. The van der Waals surface area contributed by atoms with Gasteiger partial charge in [0.15, 0.2) is 5.69 Å². The van der Waals surface area contributed by atoms with Gasteiger partial charge in [0.2, 0.25) is 0 Å². The van der Waals surface area contributed by atoms with Gasteiger partial charge in [0.05, 0.1) is 11.3 Å². The SMILES string of the molecule is Cc1ccc(C)c(OCc2c(C(=O)NCc3c(C)nn(C)c3C)noc2C)c1. The van der Waals surface area contributed by atoms with E-state index in [2.05, 4.69) is 15.6 Å². The molecule has 0 saturated heterocycles.